The number of aromatic nitrogens is 3. The van der Waals surface area contributed by atoms with E-state index in [1.54, 1.807) is 18.1 Å². The Morgan fingerprint density at radius 1 is 1.17 bits per heavy atom. The largest absolute Gasteiger partial charge is 0.393 e. The van der Waals surface area contributed by atoms with Crippen molar-refractivity contribution in [3.05, 3.63) is 54.5 Å². The number of rotatable bonds is 7. The van der Waals surface area contributed by atoms with E-state index in [9.17, 15) is 13.5 Å². The van der Waals surface area contributed by atoms with Gasteiger partial charge in [-0.05, 0) is 24.5 Å². The minimum absolute atomic E-state index is 0.00225. The van der Waals surface area contributed by atoms with Gasteiger partial charge in [0.2, 0.25) is 0 Å². The van der Waals surface area contributed by atoms with Crippen LogP contribution in [-0.4, -0.2) is 45.3 Å². The molecule has 0 spiro atoms. The Balaban J connectivity index is 1.50. The molecular weight excluding hydrogens is 412 g/mol. The van der Waals surface area contributed by atoms with Gasteiger partial charge in [0.25, 0.3) is 0 Å². The van der Waals surface area contributed by atoms with Crippen LogP contribution in [0.3, 0.4) is 0 Å². The summed E-state index contributed by atoms with van der Waals surface area (Å²) < 4.78 is 34.8. The summed E-state index contributed by atoms with van der Waals surface area (Å²) in [5.41, 5.74) is 2.02. The van der Waals surface area contributed by atoms with E-state index in [1.165, 1.54) is 5.56 Å². The number of benzene rings is 1. The summed E-state index contributed by atoms with van der Waals surface area (Å²) in [6.07, 6.45) is 3.93. The molecule has 1 aromatic carbocycles. The summed E-state index contributed by atoms with van der Waals surface area (Å²) in [6, 6.07) is 12.2. The first-order valence-corrected chi connectivity index (χ1v) is 11.7. The van der Waals surface area contributed by atoms with Crippen LogP contribution in [-0.2, 0) is 16.1 Å². The highest BCUT2D eigenvalue weighted by Crippen LogP contribution is 2.38. The van der Waals surface area contributed by atoms with E-state index >= 15 is 0 Å². The molecule has 0 bridgehead atoms. The topological polar surface area (TPSA) is 117 Å². The molecule has 1 aliphatic carbocycles. The summed E-state index contributed by atoms with van der Waals surface area (Å²) in [5.74, 6) is 0.539. The maximum atomic E-state index is 10.9. The van der Waals surface area contributed by atoms with E-state index in [1.807, 2.05) is 35.0 Å². The van der Waals surface area contributed by atoms with E-state index in [4.69, 9.17) is 4.55 Å². The molecule has 3 aromatic rings. The predicted octanol–water partition coefficient (Wildman–Crippen LogP) is 2.43. The molecule has 1 fully saturated rings. The number of nitrogens with one attached hydrogen (secondary N) is 1. The van der Waals surface area contributed by atoms with Crippen molar-refractivity contribution in [3.63, 3.8) is 0 Å². The Morgan fingerprint density at radius 3 is 2.72 bits per heavy atom. The highest BCUT2D eigenvalue weighted by molar-refractivity contribution is 7.98. The maximum absolute atomic E-state index is 10.9. The third-order valence-corrected chi connectivity index (χ3v) is 6.85. The highest BCUT2D eigenvalue weighted by Gasteiger charge is 2.35. The van der Waals surface area contributed by atoms with Gasteiger partial charge < -0.3 is 9.67 Å². The van der Waals surface area contributed by atoms with Gasteiger partial charge in [0.05, 0.1) is 11.5 Å². The predicted molar refractivity (Wildman–Crippen MR) is 111 cm³/mol. The van der Waals surface area contributed by atoms with Gasteiger partial charge in [-0.2, -0.15) is 13.1 Å². The van der Waals surface area contributed by atoms with E-state index in [-0.39, 0.29) is 18.5 Å². The standard InChI is InChI=1S/C19H22N4O4S2/c24-17-9-15(8-14(17)10-22-29(25,26)27)23-7-6-16-18(23)20-12-21-19(16)28-11-13-4-2-1-3-5-13/h1-7,12,14-15,17,22,24H,8-11H2,(H,25,26,27)/t14-,15+,17-/m0/s1. The minimum Gasteiger partial charge on any atom is -0.393 e. The van der Waals surface area contributed by atoms with Crippen molar-refractivity contribution in [2.45, 2.75) is 35.8 Å². The van der Waals surface area contributed by atoms with Crippen molar-refractivity contribution in [2.24, 2.45) is 5.92 Å². The molecule has 0 aliphatic heterocycles. The molecule has 2 aromatic heterocycles. The van der Waals surface area contributed by atoms with Crippen molar-refractivity contribution >= 4 is 33.1 Å². The number of nitrogens with zero attached hydrogens (tertiary/aromatic N) is 3. The fourth-order valence-corrected chi connectivity index (χ4v) is 5.17. The van der Waals surface area contributed by atoms with Crippen LogP contribution in [0.25, 0.3) is 11.0 Å². The van der Waals surface area contributed by atoms with Gasteiger partial charge >= 0.3 is 10.3 Å². The summed E-state index contributed by atoms with van der Waals surface area (Å²) in [7, 11) is -4.27. The van der Waals surface area contributed by atoms with Crippen molar-refractivity contribution in [1.82, 2.24) is 19.3 Å². The van der Waals surface area contributed by atoms with Crippen molar-refractivity contribution in [3.8, 4) is 0 Å². The number of thioether (sulfide) groups is 1. The number of aliphatic hydroxyl groups excluding tert-OH is 1. The Hall–Kier alpha value is -1.98. The van der Waals surface area contributed by atoms with Crippen LogP contribution in [0.1, 0.15) is 24.4 Å². The van der Waals surface area contributed by atoms with Gasteiger partial charge in [-0.25, -0.2) is 9.97 Å². The molecule has 8 nitrogen and oxygen atoms in total. The molecule has 0 radical (unpaired) electrons. The molecule has 3 N–H and O–H groups in total. The summed E-state index contributed by atoms with van der Waals surface area (Å²) in [6.45, 7) is 0.00284. The van der Waals surface area contributed by atoms with Gasteiger partial charge in [0.15, 0.2) is 0 Å². The Kier molecular flexibility index (Phi) is 5.88. The van der Waals surface area contributed by atoms with Crippen LogP contribution in [0.4, 0.5) is 0 Å². The van der Waals surface area contributed by atoms with Gasteiger partial charge in [-0.1, -0.05) is 30.3 Å². The number of hydrogen-bond acceptors (Lipinski definition) is 6. The zero-order valence-corrected chi connectivity index (χ0v) is 17.2. The minimum atomic E-state index is -4.27. The summed E-state index contributed by atoms with van der Waals surface area (Å²) in [4.78, 5) is 8.88. The van der Waals surface area contributed by atoms with Gasteiger partial charge in [0.1, 0.15) is 17.0 Å². The Morgan fingerprint density at radius 2 is 1.97 bits per heavy atom. The molecular formula is C19H22N4O4S2. The first-order chi connectivity index (χ1) is 13.9. The van der Waals surface area contributed by atoms with Crippen LogP contribution in [0, 0.1) is 5.92 Å². The average molecular weight is 435 g/mol. The van der Waals surface area contributed by atoms with E-state index < -0.39 is 16.4 Å². The zero-order chi connectivity index (χ0) is 20.4. The smallest absolute Gasteiger partial charge is 0.333 e. The molecule has 0 unspecified atom stereocenters. The fraction of sp³-hybridized carbons (Fsp3) is 0.368. The Labute approximate surface area is 173 Å². The zero-order valence-electron chi connectivity index (χ0n) is 15.5. The fourth-order valence-electron chi connectivity index (χ4n) is 3.82. The molecule has 29 heavy (non-hydrogen) atoms. The molecule has 10 heteroatoms. The molecule has 1 aliphatic rings. The first kappa shape index (κ1) is 20.3. The lowest BCUT2D eigenvalue weighted by Crippen LogP contribution is -2.31. The van der Waals surface area contributed by atoms with Crippen LogP contribution in [0.2, 0.25) is 0 Å². The third-order valence-electron chi connectivity index (χ3n) is 5.24. The van der Waals surface area contributed by atoms with Gasteiger partial charge in [-0.15, -0.1) is 11.8 Å². The molecule has 2 heterocycles. The Bertz CT molecular complexity index is 1090. The third kappa shape index (κ3) is 4.78. The quantitative estimate of drug-likeness (QED) is 0.297. The second-order valence-corrected chi connectivity index (χ2v) is 9.39. The average Bonchev–Trinajstić information content (AvgIpc) is 3.28. The van der Waals surface area contributed by atoms with Crippen LogP contribution >= 0.6 is 11.8 Å². The molecule has 0 saturated heterocycles. The summed E-state index contributed by atoms with van der Waals surface area (Å²) in [5, 5.41) is 12.2. The lowest BCUT2D eigenvalue weighted by Gasteiger charge is -2.14. The summed E-state index contributed by atoms with van der Waals surface area (Å²) >= 11 is 1.65. The molecule has 1 saturated carbocycles. The van der Waals surface area contributed by atoms with E-state index in [2.05, 4.69) is 26.8 Å². The molecule has 4 rings (SSSR count). The number of hydrogen-bond donors (Lipinski definition) is 3. The lowest BCUT2D eigenvalue weighted by molar-refractivity contribution is 0.133. The SMILES string of the molecule is O=S(=O)(O)NC[C@@H]1C[C@@H](n2ccc3c(SCc4ccccc4)ncnc32)C[C@@H]1O. The van der Waals surface area contributed by atoms with Crippen LogP contribution in [0.15, 0.2) is 53.9 Å². The monoisotopic (exact) mass is 434 g/mol. The second kappa shape index (κ2) is 8.41. The molecule has 154 valence electrons. The number of fused-ring (bicyclic) bond motifs is 1. The van der Waals surface area contributed by atoms with E-state index in [0.29, 0.717) is 12.8 Å². The van der Waals surface area contributed by atoms with Gasteiger partial charge in [0, 0.05) is 30.5 Å². The highest BCUT2D eigenvalue weighted by atomic mass is 32.2. The molecule has 3 atom stereocenters. The van der Waals surface area contributed by atoms with Crippen LogP contribution < -0.4 is 4.72 Å². The van der Waals surface area contributed by atoms with E-state index in [0.717, 1.165) is 21.8 Å². The normalized spacial score (nSPS) is 22.3. The van der Waals surface area contributed by atoms with Crippen molar-refractivity contribution < 1.29 is 18.1 Å². The van der Waals surface area contributed by atoms with Crippen molar-refractivity contribution in [1.29, 1.82) is 0 Å². The lowest BCUT2D eigenvalue weighted by atomic mass is 10.1. The van der Waals surface area contributed by atoms with Crippen molar-refractivity contribution in [2.75, 3.05) is 6.54 Å². The first-order valence-electron chi connectivity index (χ1n) is 9.29. The van der Waals surface area contributed by atoms with Gasteiger partial charge in [-0.3, -0.25) is 4.55 Å². The second-order valence-electron chi connectivity index (χ2n) is 7.19. The maximum Gasteiger partial charge on any atom is 0.333 e. The number of aliphatic hydroxyl groups is 1. The molecule has 0 amide bonds. The van der Waals surface area contributed by atoms with Crippen LogP contribution in [0.5, 0.6) is 0 Å².